The molecule has 4 aromatic rings. The fraction of sp³-hybridized carbons (Fsp3) is 0.286. The average Bonchev–Trinajstić information content (AvgIpc) is 3.02. The Kier molecular flexibility index (Phi) is 10.2. The van der Waals surface area contributed by atoms with Gasteiger partial charge >= 0.3 is 6.09 Å². The molecule has 7 heteroatoms. The first-order chi connectivity index (χ1) is 20.6. The van der Waals surface area contributed by atoms with Crippen molar-refractivity contribution in [1.29, 1.82) is 0 Å². The van der Waals surface area contributed by atoms with Crippen LogP contribution in [-0.4, -0.2) is 49.3 Å². The summed E-state index contributed by atoms with van der Waals surface area (Å²) in [6, 6.07) is 35.4. The zero-order chi connectivity index (χ0) is 29.1. The van der Waals surface area contributed by atoms with Crippen LogP contribution in [0.15, 0.2) is 109 Å². The number of halogens is 1. The molecular weight excluding hydrogens is 527 g/mol. The third-order valence-electron chi connectivity index (χ3n) is 7.75. The molecule has 1 fully saturated rings. The molecule has 6 nitrogen and oxygen atoms in total. The SMILES string of the molecule is CCN(c1ccc(NC(=O)OCc2ccccc2)cc1F)[C@@H](Cc1ccccc1)[C@H]1CN(Cc2ccccc2)CCN1. The number of nitrogens with zero attached hydrogens (tertiary/aromatic N) is 2. The lowest BCUT2D eigenvalue weighted by molar-refractivity contribution is 0.155. The first-order valence-electron chi connectivity index (χ1n) is 14.7. The number of rotatable bonds is 11. The van der Waals surface area contributed by atoms with E-state index in [4.69, 9.17) is 4.74 Å². The van der Waals surface area contributed by atoms with E-state index in [1.807, 2.05) is 42.5 Å². The molecule has 1 saturated heterocycles. The van der Waals surface area contributed by atoms with Crippen molar-refractivity contribution >= 4 is 17.5 Å². The molecule has 1 aliphatic heterocycles. The van der Waals surface area contributed by atoms with Gasteiger partial charge in [-0.15, -0.1) is 0 Å². The first-order valence-corrected chi connectivity index (χ1v) is 14.7. The molecule has 5 rings (SSSR count). The zero-order valence-electron chi connectivity index (χ0n) is 24.1. The molecule has 0 saturated carbocycles. The third kappa shape index (κ3) is 7.96. The highest BCUT2D eigenvalue weighted by molar-refractivity contribution is 5.85. The standard InChI is InChI=1S/C35H39FN4O2/c1-2-40(33-19-18-30(23-31(33)36)38-35(41)42-26-29-16-10-5-11-17-29)34(22-27-12-6-3-7-13-27)32-25-39(21-20-37-32)24-28-14-8-4-9-15-28/h3-19,23,32,34,37H,2,20-22,24-26H2,1H3,(H,38,41)/t32-,34+/m1/s1. The predicted molar refractivity (Wildman–Crippen MR) is 167 cm³/mol. The number of benzene rings is 4. The molecule has 42 heavy (non-hydrogen) atoms. The quantitative estimate of drug-likeness (QED) is 0.218. The minimum atomic E-state index is -0.620. The van der Waals surface area contributed by atoms with Gasteiger partial charge < -0.3 is 15.0 Å². The summed E-state index contributed by atoms with van der Waals surface area (Å²) in [6.07, 6.45) is 0.154. The van der Waals surface area contributed by atoms with Gasteiger partial charge in [0.1, 0.15) is 12.4 Å². The second-order valence-electron chi connectivity index (χ2n) is 10.7. The van der Waals surface area contributed by atoms with E-state index < -0.39 is 6.09 Å². The lowest BCUT2D eigenvalue weighted by atomic mass is 9.95. The molecule has 0 aliphatic carbocycles. The van der Waals surface area contributed by atoms with Gasteiger partial charge in [-0.1, -0.05) is 91.0 Å². The first kappa shape index (κ1) is 29.3. The van der Waals surface area contributed by atoms with Gasteiger partial charge in [-0.05, 0) is 48.2 Å². The van der Waals surface area contributed by atoms with Gasteiger partial charge in [0.15, 0.2) is 0 Å². The van der Waals surface area contributed by atoms with Crippen molar-refractivity contribution < 1.29 is 13.9 Å². The molecule has 0 unspecified atom stereocenters. The van der Waals surface area contributed by atoms with Gasteiger partial charge in [-0.2, -0.15) is 0 Å². The van der Waals surface area contributed by atoms with Gasteiger partial charge in [0.05, 0.1) is 5.69 Å². The predicted octanol–water partition coefficient (Wildman–Crippen LogP) is 6.49. The number of piperazine rings is 1. The fourth-order valence-electron chi connectivity index (χ4n) is 5.69. The van der Waals surface area contributed by atoms with E-state index in [1.165, 1.54) is 17.2 Å². The van der Waals surface area contributed by atoms with E-state index >= 15 is 4.39 Å². The summed E-state index contributed by atoms with van der Waals surface area (Å²) in [7, 11) is 0. The molecule has 0 aromatic heterocycles. The molecule has 218 valence electrons. The fourth-order valence-corrected chi connectivity index (χ4v) is 5.69. The van der Waals surface area contributed by atoms with Crippen molar-refractivity contribution in [1.82, 2.24) is 10.2 Å². The molecule has 0 spiro atoms. The number of anilines is 2. The summed E-state index contributed by atoms with van der Waals surface area (Å²) in [5, 5.41) is 6.40. The monoisotopic (exact) mass is 566 g/mol. The summed E-state index contributed by atoms with van der Waals surface area (Å²) in [6.45, 7) is 6.43. The molecular formula is C35H39FN4O2. The maximum absolute atomic E-state index is 15.8. The van der Waals surface area contributed by atoms with E-state index in [1.54, 1.807) is 12.1 Å². The molecule has 0 radical (unpaired) electrons. The summed E-state index contributed by atoms with van der Waals surface area (Å²) in [4.78, 5) is 17.0. The van der Waals surface area contributed by atoms with Crippen molar-refractivity contribution in [3.05, 3.63) is 132 Å². The van der Waals surface area contributed by atoms with Crippen LogP contribution in [0.2, 0.25) is 0 Å². The maximum Gasteiger partial charge on any atom is 0.411 e. The number of likely N-dealkylation sites (N-methyl/N-ethyl adjacent to an activating group) is 1. The second kappa shape index (κ2) is 14.6. The summed E-state index contributed by atoms with van der Waals surface area (Å²) in [5.74, 6) is -0.382. The van der Waals surface area contributed by atoms with Gasteiger partial charge in [0, 0.05) is 50.5 Å². The van der Waals surface area contributed by atoms with Gasteiger partial charge in [-0.3, -0.25) is 10.2 Å². The van der Waals surface area contributed by atoms with Crippen LogP contribution >= 0.6 is 0 Å². The van der Waals surface area contributed by atoms with Crippen LogP contribution in [0.5, 0.6) is 0 Å². The Labute approximate surface area is 248 Å². The Morgan fingerprint density at radius 2 is 1.60 bits per heavy atom. The summed E-state index contributed by atoms with van der Waals surface area (Å²) >= 11 is 0. The van der Waals surface area contributed by atoms with E-state index in [9.17, 15) is 4.79 Å². The van der Waals surface area contributed by atoms with Crippen LogP contribution in [-0.2, 0) is 24.3 Å². The van der Waals surface area contributed by atoms with E-state index in [0.717, 1.165) is 38.2 Å². The van der Waals surface area contributed by atoms with E-state index in [-0.39, 0.29) is 24.5 Å². The molecule has 1 heterocycles. The Balaban J connectivity index is 1.32. The highest BCUT2D eigenvalue weighted by Crippen LogP contribution is 2.28. The van der Waals surface area contributed by atoms with Crippen molar-refractivity contribution in [2.24, 2.45) is 0 Å². The number of hydrogen-bond donors (Lipinski definition) is 2. The van der Waals surface area contributed by atoms with Gasteiger partial charge in [0.25, 0.3) is 0 Å². The number of ether oxygens (including phenoxy) is 1. The minimum Gasteiger partial charge on any atom is -0.444 e. The molecule has 4 aromatic carbocycles. The van der Waals surface area contributed by atoms with E-state index in [0.29, 0.717) is 17.9 Å². The Morgan fingerprint density at radius 1 is 0.952 bits per heavy atom. The molecule has 2 atom stereocenters. The largest absolute Gasteiger partial charge is 0.444 e. The smallest absolute Gasteiger partial charge is 0.411 e. The Morgan fingerprint density at radius 3 is 2.24 bits per heavy atom. The van der Waals surface area contributed by atoms with Crippen molar-refractivity contribution in [2.75, 3.05) is 36.4 Å². The lowest BCUT2D eigenvalue weighted by Crippen LogP contribution is -2.60. The number of nitrogens with one attached hydrogen (secondary N) is 2. The second-order valence-corrected chi connectivity index (χ2v) is 10.7. The minimum absolute atomic E-state index is 0.0140. The number of carbonyl (C=O) groups excluding carboxylic acids is 1. The summed E-state index contributed by atoms with van der Waals surface area (Å²) < 4.78 is 21.1. The van der Waals surface area contributed by atoms with Crippen LogP contribution < -0.4 is 15.5 Å². The van der Waals surface area contributed by atoms with Crippen LogP contribution in [0.3, 0.4) is 0 Å². The highest BCUT2D eigenvalue weighted by Gasteiger charge is 2.32. The maximum atomic E-state index is 15.8. The van der Waals surface area contributed by atoms with Gasteiger partial charge in [-0.25, -0.2) is 9.18 Å². The van der Waals surface area contributed by atoms with Crippen molar-refractivity contribution in [2.45, 2.75) is 38.6 Å². The third-order valence-corrected chi connectivity index (χ3v) is 7.75. The summed E-state index contributed by atoms with van der Waals surface area (Å²) in [5.41, 5.74) is 4.26. The average molecular weight is 567 g/mol. The Bertz CT molecular complexity index is 1400. The molecule has 2 N–H and O–H groups in total. The van der Waals surface area contributed by atoms with Gasteiger partial charge in [0.2, 0.25) is 0 Å². The molecule has 0 bridgehead atoms. The lowest BCUT2D eigenvalue weighted by Gasteiger charge is -2.43. The van der Waals surface area contributed by atoms with Crippen molar-refractivity contribution in [3.63, 3.8) is 0 Å². The normalized spacial score (nSPS) is 16.0. The van der Waals surface area contributed by atoms with E-state index in [2.05, 4.69) is 75.9 Å². The molecule has 1 amide bonds. The topological polar surface area (TPSA) is 56.8 Å². The molecule has 1 aliphatic rings. The number of hydrogen-bond acceptors (Lipinski definition) is 5. The Hall–Kier alpha value is -4.20. The van der Waals surface area contributed by atoms with Crippen molar-refractivity contribution in [3.8, 4) is 0 Å². The van der Waals surface area contributed by atoms with Crippen LogP contribution in [0.25, 0.3) is 0 Å². The van der Waals surface area contributed by atoms with Crippen LogP contribution in [0.4, 0.5) is 20.6 Å². The highest BCUT2D eigenvalue weighted by atomic mass is 19.1. The zero-order valence-corrected chi connectivity index (χ0v) is 24.1. The number of carbonyl (C=O) groups is 1. The van der Waals surface area contributed by atoms with Crippen LogP contribution in [0, 0.1) is 5.82 Å². The van der Waals surface area contributed by atoms with Crippen LogP contribution in [0.1, 0.15) is 23.6 Å². The number of amides is 1.